The number of ether oxygens (including phenoxy) is 2. The topological polar surface area (TPSA) is 96.3 Å². The molecule has 1 heterocycles. The molecule has 0 aromatic heterocycles. The molecule has 1 saturated heterocycles. The summed E-state index contributed by atoms with van der Waals surface area (Å²) in [5.74, 6) is -1.84. The summed E-state index contributed by atoms with van der Waals surface area (Å²) >= 11 is 0. The fourth-order valence-electron chi connectivity index (χ4n) is 3.34. The molecule has 0 saturated carbocycles. The Morgan fingerprint density at radius 3 is 2.33 bits per heavy atom. The fraction of sp³-hybridized carbons (Fsp3) is 0.273. The number of aliphatic hydroxyl groups is 2. The molecular weight excluding hydrogens is 393 g/mol. The Bertz CT molecular complexity index is 939. The number of ketones is 1. The number of carbonyl (C=O) groups is 2. The average molecular weight is 415 g/mol. The Kier molecular flexibility index (Phi) is 6.81. The predicted octanol–water partition coefficient (Wildman–Crippen LogP) is 2.26. The highest BCUT2D eigenvalue weighted by Crippen LogP contribution is 2.39. The second-order valence-electron chi connectivity index (χ2n) is 6.61. The molecule has 158 valence electrons. The quantitative estimate of drug-likeness (QED) is 0.297. The van der Waals surface area contributed by atoms with Crippen LogP contribution in [-0.2, 0) is 14.3 Å². The van der Waals surface area contributed by atoms with Crippen LogP contribution in [0.25, 0.3) is 5.76 Å². The van der Waals surface area contributed by atoms with E-state index in [1.54, 1.807) is 24.3 Å². The minimum absolute atomic E-state index is 0.0615. The Morgan fingerprint density at radius 1 is 1.07 bits per heavy atom. The van der Waals surface area contributed by atoms with Crippen LogP contribution >= 0.6 is 0 Å². The molecule has 0 spiro atoms. The summed E-state index contributed by atoms with van der Waals surface area (Å²) in [4.78, 5) is 26.8. The first-order valence-corrected chi connectivity index (χ1v) is 9.34. The van der Waals surface area contributed by atoms with Gasteiger partial charge in [0.1, 0.15) is 17.3 Å². The molecule has 0 bridgehead atoms. The van der Waals surface area contributed by atoms with Crippen molar-refractivity contribution in [3.05, 3.63) is 71.0 Å². The lowest BCUT2D eigenvalue weighted by Crippen LogP contribution is -2.33. The third-order valence-corrected chi connectivity index (χ3v) is 4.80. The molecule has 7 nitrogen and oxygen atoms in total. The second kappa shape index (κ2) is 9.51. The third kappa shape index (κ3) is 4.34. The van der Waals surface area contributed by atoms with Crippen LogP contribution in [0.1, 0.15) is 17.2 Å². The van der Waals surface area contributed by atoms with Crippen molar-refractivity contribution in [2.24, 2.45) is 0 Å². The van der Waals surface area contributed by atoms with E-state index >= 15 is 0 Å². The fourth-order valence-corrected chi connectivity index (χ4v) is 3.34. The lowest BCUT2D eigenvalue weighted by atomic mass is 9.95. The summed E-state index contributed by atoms with van der Waals surface area (Å²) in [5, 5.41) is 19.7. The minimum Gasteiger partial charge on any atom is -0.507 e. The number of Topliss-reactive ketones (excluding diaryl/α,β-unsaturated/α-hetero) is 1. The van der Waals surface area contributed by atoms with Gasteiger partial charge in [-0.3, -0.25) is 9.59 Å². The van der Waals surface area contributed by atoms with E-state index in [1.807, 2.05) is 0 Å². The highest BCUT2D eigenvalue weighted by molar-refractivity contribution is 6.46. The maximum atomic E-state index is 13.4. The van der Waals surface area contributed by atoms with E-state index in [1.165, 1.54) is 36.3 Å². The Labute approximate surface area is 173 Å². The Morgan fingerprint density at radius 2 is 1.73 bits per heavy atom. The molecule has 1 aliphatic heterocycles. The SMILES string of the molecule is COc1ccc(C(O)=C2C(=O)C(=O)N(CCOCCO)C2c2ccc(F)cc2)cc1. The van der Waals surface area contributed by atoms with Gasteiger partial charge < -0.3 is 24.6 Å². The molecule has 8 heteroatoms. The average Bonchev–Trinajstić information content (AvgIpc) is 3.01. The van der Waals surface area contributed by atoms with Gasteiger partial charge in [-0.15, -0.1) is 0 Å². The van der Waals surface area contributed by atoms with Crippen molar-refractivity contribution in [2.75, 3.05) is 33.5 Å². The normalized spacial score (nSPS) is 18.1. The van der Waals surface area contributed by atoms with E-state index in [2.05, 4.69) is 0 Å². The van der Waals surface area contributed by atoms with Crippen molar-refractivity contribution < 1.29 is 33.7 Å². The van der Waals surface area contributed by atoms with Crippen LogP contribution in [0.5, 0.6) is 5.75 Å². The molecule has 0 aliphatic carbocycles. The maximum Gasteiger partial charge on any atom is 0.295 e. The van der Waals surface area contributed by atoms with Gasteiger partial charge in [-0.2, -0.15) is 0 Å². The van der Waals surface area contributed by atoms with Crippen molar-refractivity contribution in [3.63, 3.8) is 0 Å². The molecule has 2 aromatic carbocycles. The zero-order valence-corrected chi connectivity index (χ0v) is 16.4. The van der Waals surface area contributed by atoms with E-state index < -0.39 is 23.5 Å². The molecular formula is C22H22FNO6. The summed E-state index contributed by atoms with van der Waals surface area (Å²) in [7, 11) is 1.51. The van der Waals surface area contributed by atoms with E-state index in [9.17, 15) is 19.1 Å². The summed E-state index contributed by atoms with van der Waals surface area (Å²) in [5.41, 5.74) is 0.740. The standard InChI is InChI=1S/C22H22FNO6/c1-29-17-8-4-15(5-9-17)20(26)18-19(14-2-6-16(23)7-3-14)24(22(28)21(18)27)10-12-30-13-11-25/h2-9,19,25-26H,10-13H2,1H3. The molecule has 2 aromatic rings. The molecule has 3 rings (SSSR count). The van der Waals surface area contributed by atoms with Gasteiger partial charge in [0.2, 0.25) is 0 Å². The number of amides is 1. The second-order valence-corrected chi connectivity index (χ2v) is 6.61. The number of likely N-dealkylation sites (tertiary alicyclic amines) is 1. The minimum atomic E-state index is -0.898. The van der Waals surface area contributed by atoms with Gasteiger partial charge in [0.05, 0.1) is 38.5 Å². The van der Waals surface area contributed by atoms with Gasteiger partial charge in [0, 0.05) is 12.1 Å². The summed E-state index contributed by atoms with van der Waals surface area (Å²) in [6.07, 6.45) is 0. The van der Waals surface area contributed by atoms with Gasteiger partial charge in [-0.1, -0.05) is 12.1 Å². The smallest absolute Gasteiger partial charge is 0.295 e. The molecule has 1 unspecified atom stereocenters. The number of hydrogen-bond acceptors (Lipinski definition) is 6. The van der Waals surface area contributed by atoms with Crippen LogP contribution in [0, 0.1) is 5.82 Å². The first-order valence-electron chi connectivity index (χ1n) is 9.34. The third-order valence-electron chi connectivity index (χ3n) is 4.80. The number of carbonyl (C=O) groups excluding carboxylic acids is 2. The van der Waals surface area contributed by atoms with Gasteiger partial charge in [-0.05, 0) is 42.0 Å². The molecule has 0 radical (unpaired) electrons. The van der Waals surface area contributed by atoms with Crippen LogP contribution in [0.15, 0.2) is 54.1 Å². The molecule has 1 amide bonds. The number of benzene rings is 2. The lowest BCUT2D eigenvalue weighted by molar-refractivity contribution is -0.140. The van der Waals surface area contributed by atoms with Crippen molar-refractivity contribution in [2.45, 2.75) is 6.04 Å². The monoisotopic (exact) mass is 415 g/mol. The molecule has 30 heavy (non-hydrogen) atoms. The first kappa shape index (κ1) is 21.5. The van der Waals surface area contributed by atoms with Crippen LogP contribution in [0.2, 0.25) is 0 Å². The van der Waals surface area contributed by atoms with Crippen LogP contribution in [0.3, 0.4) is 0 Å². The van der Waals surface area contributed by atoms with E-state index in [0.717, 1.165) is 0 Å². The Hall–Kier alpha value is -3.23. The van der Waals surface area contributed by atoms with Crippen LogP contribution in [-0.4, -0.2) is 60.3 Å². The molecule has 1 fully saturated rings. The number of nitrogens with zero attached hydrogens (tertiary/aromatic N) is 1. The van der Waals surface area contributed by atoms with Crippen molar-refractivity contribution in [1.29, 1.82) is 0 Å². The van der Waals surface area contributed by atoms with Gasteiger partial charge >= 0.3 is 0 Å². The van der Waals surface area contributed by atoms with E-state index in [-0.39, 0.29) is 37.7 Å². The van der Waals surface area contributed by atoms with E-state index in [4.69, 9.17) is 14.6 Å². The highest BCUT2D eigenvalue weighted by Gasteiger charge is 2.45. The summed E-state index contributed by atoms with van der Waals surface area (Å²) in [6.45, 7) is 0.0779. The highest BCUT2D eigenvalue weighted by atomic mass is 19.1. The van der Waals surface area contributed by atoms with Crippen molar-refractivity contribution in [1.82, 2.24) is 4.90 Å². The zero-order valence-electron chi connectivity index (χ0n) is 16.4. The maximum absolute atomic E-state index is 13.4. The lowest BCUT2D eigenvalue weighted by Gasteiger charge is -2.25. The molecule has 1 aliphatic rings. The van der Waals surface area contributed by atoms with Crippen molar-refractivity contribution in [3.8, 4) is 5.75 Å². The zero-order chi connectivity index (χ0) is 21.7. The van der Waals surface area contributed by atoms with E-state index in [0.29, 0.717) is 16.9 Å². The molecule has 2 N–H and O–H groups in total. The van der Waals surface area contributed by atoms with Gasteiger partial charge in [0.15, 0.2) is 0 Å². The number of rotatable bonds is 8. The van der Waals surface area contributed by atoms with Crippen molar-refractivity contribution >= 4 is 17.4 Å². The summed E-state index contributed by atoms with van der Waals surface area (Å²) in [6, 6.07) is 10.9. The van der Waals surface area contributed by atoms with Gasteiger partial charge in [-0.25, -0.2) is 4.39 Å². The summed E-state index contributed by atoms with van der Waals surface area (Å²) < 4.78 is 23.8. The number of hydrogen-bond donors (Lipinski definition) is 2. The van der Waals surface area contributed by atoms with Gasteiger partial charge in [0.25, 0.3) is 11.7 Å². The molecule has 1 atom stereocenters. The largest absolute Gasteiger partial charge is 0.507 e. The number of aliphatic hydroxyl groups excluding tert-OH is 2. The number of methoxy groups -OCH3 is 1. The Balaban J connectivity index is 2.04. The predicted molar refractivity (Wildman–Crippen MR) is 106 cm³/mol. The number of halogens is 1. The van der Waals surface area contributed by atoms with Crippen LogP contribution < -0.4 is 4.74 Å². The first-order chi connectivity index (χ1) is 14.5. The van der Waals surface area contributed by atoms with Crippen LogP contribution in [0.4, 0.5) is 4.39 Å².